The van der Waals surface area contributed by atoms with Crippen molar-refractivity contribution in [3.8, 4) is 11.8 Å². The molecule has 1 aromatic heterocycles. The summed E-state index contributed by atoms with van der Waals surface area (Å²) in [5.74, 6) is 0.575. The first-order valence-corrected chi connectivity index (χ1v) is 8.25. The average molecular weight is 367 g/mol. The van der Waals surface area contributed by atoms with Crippen molar-refractivity contribution in [2.45, 2.75) is 25.9 Å². The van der Waals surface area contributed by atoms with Crippen molar-refractivity contribution in [3.63, 3.8) is 0 Å². The predicted octanol–water partition coefficient (Wildman–Crippen LogP) is 2.53. The normalized spacial score (nSPS) is 14.3. The summed E-state index contributed by atoms with van der Waals surface area (Å²) >= 11 is 0. The van der Waals surface area contributed by atoms with E-state index in [0.29, 0.717) is 28.1 Å². The van der Waals surface area contributed by atoms with Crippen LogP contribution in [0.3, 0.4) is 0 Å². The fraction of sp³-hybridized carbons (Fsp3) is 0.263. The quantitative estimate of drug-likeness (QED) is 0.594. The van der Waals surface area contributed by atoms with E-state index in [-0.39, 0.29) is 18.6 Å². The van der Waals surface area contributed by atoms with Gasteiger partial charge in [0, 0.05) is 17.8 Å². The minimum atomic E-state index is -0.848. The molecule has 8 nitrogen and oxygen atoms in total. The number of aromatic nitrogens is 1. The maximum Gasteiger partial charge on any atom is 0.294 e. The first kappa shape index (κ1) is 18.2. The molecule has 3 rings (SSSR count). The lowest BCUT2D eigenvalue weighted by Gasteiger charge is -2.31. The fourth-order valence-corrected chi connectivity index (χ4v) is 2.91. The third-order valence-corrected chi connectivity index (χ3v) is 4.06. The summed E-state index contributed by atoms with van der Waals surface area (Å²) in [7, 11) is 0. The number of hydrogen-bond donors (Lipinski definition) is 0. The summed E-state index contributed by atoms with van der Waals surface area (Å²) in [6, 6.07) is 10.1. The summed E-state index contributed by atoms with van der Waals surface area (Å²) < 4.78 is 7.40. The largest absolute Gasteiger partial charge is 0.483 e. The van der Waals surface area contributed by atoms with Gasteiger partial charge in [-0.1, -0.05) is 6.07 Å². The van der Waals surface area contributed by atoms with E-state index >= 15 is 0 Å². The molecule has 27 heavy (non-hydrogen) atoms. The van der Waals surface area contributed by atoms with Gasteiger partial charge in [-0.05, 0) is 50.1 Å². The molecule has 0 aliphatic carbocycles. The molecule has 0 unspecified atom stereocenters. The van der Waals surface area contributed by atoms with Gasteiger partial charge in [-0.25, -0.2) is 0 Å². The zero-order valence-corrected chi connectivity index (χ0v) is 14.8. The molecule has 0 atom stereocenters. The molecule has 1 aromatic carbocycles. The third kappa shape index (κ3) is 3.98. The maximum atomic E-state index is 12.5. The van der Waals surface area contributed by atoms with E-state index in [1.807, 2.05) is 19.9 Å². The Labute approximate surface area is 155 Å². The van der Waals surface area contributed by atoms with Crippen LogP contribution in [0.1, 0.15) is 30.5 Å². The SMILES string of the molecule is CC1(C)C=C(n2cc(CCO[N+](=O)[O-])ccc2=O)c2cc(C#N)ccc2O1. The van der Waals surface area contributed by atoms with Gasteiger partial charge in [0.25, 0.3) is 10.6 Å². The van der Waals surface area contributed by atoms with Gasteiger partial charge in [0.05, 0.1) is 17.3 Å². The highest BCUT2D eigenvalue weighted by Crippen LogP contribution is 2.36. The second-order valence-electron chi connectivity index (χ2n) is 6.61. The van der Waals surface area contributed by atoms with Gasteiger partial charge in [0.1, 0.15) is 18.0 Å². The monoisotopic (exact) mass is 367 g/mol. The van der Waals surface area contributed by atoms with Crippen molar-refractivity contribution in [3.05, 3.63) is 79.8 Å². The van der Waals surface area contributed by atoms with Crippen LogP contribution in [0.15, 0.2) is 47.4 Å². The summed E-state index contributed by atoms with van der Waals surface area (Å²) in [5, 5.41) is 18.6. The number of benzene rings is 1. The molecule has 0 N–H and O–H groups in total. The lowest BCUT2D eigenvalue weighted by molar-refractivity contribution is -0.757. The molecular weight excluding hydrogens is 350 g/mol. The van der Waals surface area contributed by atoms with Crippen LogP contribution in [0.25, 0.3) is 5.70 Å². The number of pyridine rings is 1. The van der Waals surface area contributed by atoms with Crippen LogP contribution >= 0.6 is 0 Å². The maximum absolute atomic E-state index is 12.5. The zero-order valence-electron chi connectivity index (χ0n) is 14.8. The highest BCUT2D eigenvalue weighted by molar-refractivity contribution is 5.74. The van der Waals surface area contributed by atoms with Crippen LogP contribution < -0.4 is 10.3 Å². The van der Waals surface area contributed by atoms with E-state index < -0.39 is 10.7 Å². The van der Waals surface area contributed by atoms with E-state index in [9.17, 15) is 20.2 Å². The van der Waals surface area contributed by atoms with Crippen LogP contribution in [-0.4, -0.2) is 21.9 Å². The average Bonchev–Trinajstić information content (AvgIpc) is 2.61. The highest BCUT2D eigenvalue weighted by atomic mass is 16.9. The Morgan fingerprint density at radius 2 is 2.11 bits per heavy atom. The summed E-state index contributed by atoms with van der Waals surface area (Å²) in [6.45, 7) is 3.63. The summed E-state index contributed by atoms with van der Waals surface area (Å²) in [6.07, 6.45) is 3.72. The molecule has 0 saturated carbocycles. The van der Waals surface area contributed by atoms with Gasteiger partial charge in [0.15, 0.2) is 0 Å². The molecule has 1 aliphatic rings. The van der Waals surface area contributed by atoms with Gasteiger partial charge < -0.3 is 9.57 Å². The molecule has 1 aliphatic heterocycles. The standard InChI is InChI=1S/C19H17N3O5/c1-19(2)10-16(15-9-14(11-20)3-5-17(15)27-19)21-12-13(4-6-18(21)23)7-8-26-22(24)25/h3-6,9-10,12H,7-8H2,1-2H3. The number of rotatable bonds is 5. The molecule has 8 heteroatoms. The van der Waals surface area contributed by atoms with Crippen LogP contribution in [0.5, 0.6) is 5.75 Å². The topological polar surface area (TPSA) is 107 Å². The van der Waals surface area contributed by atoms with Crippen molar-refractivity contribution in [1.82, 2.24) is 4.57 Å². The Balaban J connectivity index is 2.07. The van der Waals surface area contributed by atoms with Crippen molar-refractivity contribution in [2.75, 3.05) is 6.61 Å². The third-order valence-electron chi connectivity index (χ3n) is 4.06. The molecule has 2 aromatic rings. The first-order valence-electron chi connectivity index (χ1n) is 8.25. The Morgan fingerprint density at radius 1 is 1.33 bits per heavy atom. The van der Waals surface area contributed by atoms with E-state index in [2.05, 4.69) is 10.9 Å². The Bertz CT molecular complexity index is 1030. The number of nitrogens with zero attached hydrogens (tertiary/aromatic N) is 3. The van der Waals surface area contributed by atoms with Gasteiger partial charge in [0.2, 0.25) is 0 Å². The van der Waals surface area contributed by atoms with Crippen LogP contribution in [0, 0.1) is 21.4 Å². The second kappa shape index (κ2) is 6.96. The predicted molar refractivity (Wildman–Crippen MR) is 96.6 cm³/mol. The molecule has 138 valence electrons. The van der Waals surface area contributed by atoms with Crippen molar-refractivity contribution < 1.29 is 14.7 Å². The molecule has 0 bridgehead atoms. The Kier molecular flexibility index (Phi) is 4.69. The summed E-state index contributed by atoms with van der Waals surface area (Å²) in [4.78, 5) is 27.2. The minimum Gasteiger partial charge on any atom is -0.483 e. The number of hydrogen-bond acceptors (Lipinski definition) is 6. The van der Waals surface area contributed by atoms with E-state index in [4.69, 9.17) is 4.74 Å². The molecule has 0 radical (unpaired) electrons. The van der Waals surface area contributed by atoms with Crippen molar-refractivity contribution in [2.24, 2.45) is 0 Å². The number of ether oxygens (including phenoxy) is 1. The smallest absolute Gasteiger partial charge is 0.294 e. The molecule has 2 heterocycles. The zero-order chi connectivity index (χ0) is 19.6. The Hall–Kier alpha value is -3.60. The van der Waals surface area contributed by atoms with E-state index in [1.54, 1.807) is 30.5 Å². The number of nitriles is 1. The molecule has 0 saturated heterocycles. The van der Waals surface area contributed by atoms with Gasteiger partial charge in [-0.3, -0.25) is 9.36 Å². The summed E-state index contributed by atoms with van der Waals surface area (Å²) in [5.41, 5.74) is 1.48. The molecule has 0 spiro atoms. The highest BCUT2D eigenvalue weighted by Gasteiger charge is 2.28. The fourth-order valence-electron chi connectivity index (χ4n) is 2.91. The minimum absolute atomic E-state index is 0.103. The number of fused-ring (bicyclic) bond motifs is 1. The lowest BCUT2D eigenvalue weighted by Crippen LogP contribution is -2.32. The van der Waals surface area contributed by atoms with E-state index in [1.165, 1.54) is 10.6 Å². The molecule has 0 amide bonds. The van der Waals surface area contributed by atoms with Crippen molar-refractivity contribution in [1.29, 1.82) is 5.26 Å². The lowest BCUT2D eigenvalue weighted by atomic mass is 9.97. The second-order valence-corrected chi connectivity index (χ2v) is 6.61. The molecule has 0 fully saturated rings. The van der Waals surface area contributed by atoms with Crippen LogP contribution in [0.2, 0.25) is 0 Å². The van der Waals surface area contributed by atoms with Crippen LogP contribution in [0.4, 0.5) is 0 Å². The molecular formula is C19H17N3O5. The van der Waals surface area contributed by atoms with Gasteiger partial charge in [-0.15, -0.1) is 10.1 Å². The van der Waals surface area contributed by atoms with E-state index in [0.717, 1.165) is 0 Å². The Morgan fingerprint density at radius 3 is 2.81 bits per heavy atom. The van der Waals surface area contributed by atoms with Crippen LogP contribution in [-0.2, 0) is 11.3 Å². The van der Waals surface area contributed by atoms with Gasteiger partial charge in [-0.2, -0.15) is 5.26 Å². The first-order chi connectivity index (χ1) is 12.8. The van der Waals surface area contributed by atoms with Crippen molar-refractivity contribution >= 4 is 5.70 Å². The van der Waals surface area contributed by atoms with Gasteiger partial charge >= 0.3 is 0 Å².